The van der Waals surface area contributed by atoms with Gasteiger partial charge in [0.2, 0.25) is 5.91 Å². The van der Waals surface area contributed by atoms with Crippen LogP contribution in [-0.2, 0) is 9.59 Å². The maximum absolute atomic E-state index is 12.1. The summed E-state index contributed by atoms with van der Waals surface area (Å²) < 4.78 is 0. The van der Waals surface area contributed by atoms with Crippen molar-refractivity contribution in [2.45, 2.75) is 13.8 Å². The molecule has 0 spiro atoms. The number of hydrogen-bond donors (Lipinski definition) is 2. The van der Waals surface area contributed by atoms with Gasteiger partial charge in [0.15, 0.2) is 0 Å². The molecule has 1 aliphatic carbocycles. The van der Waals surface area contributed by atoms with Crippen LogP contribution in [0.1, 0.15) is 25.0 Å². The normalized spacial score (nSPS) is 21.7. The average molecular weight is 283 g/mol. The number of anilines is 1. The highest BCUT2D eigenvalue weighted by Crippen LogP contribution is 2.58. The molecular formula is C15H13N3O3. The van der Waals surface area contributed by atoms with Gasteiger partial charge in [-0.05, 0) is 23.6 Å². The minimum absolute atomic E-state index is 0.167. The number of aliphatic carboxylic acids is 1. The molecule has 1 aromatic carbocycles. The summed E-state index contributed by atoms with van der Waals surface area (Å²) in [6.45, 7) is 3.46. The predicted octanol–water partition coefficient (Wildman–Crippen LogP) is 1.73. The van der Waals surface area contributed by atoms with E-state index in [4.69, 9.17) is 15.6 Å². The fourth-order valence-corrected chi connectivity index (χ4v) is 2.62. The monoisotopic (exact) mass is 283 g/mol. The highest BCUT2D eigenvalue weighted by Gasteiger charge is 2.65. The van der Waals surface area contributed by atoms with Gasteiger partial charge in [-0.1, -0.05) is 13.8 Å². The fourth-order valence-electron chi connectivity index (χ4n) is 2.62. The van der Waals surface area contributed by atoms with Gasteiger partial charge in [0.05, 0.1) is 23.0 Å². The molecule has 1 saturated carbocycles. The summed E-state index contributed by atoms with van der Waals surface area (Å²) in [4.78, 5) is 23.2. The molecule has 2 rings (SSSR count). The Morgan fingerprint density at radius 2 is 1.81 bits per heavy atom. The number of carbonyl (C=O) groups excluding carboxylic acids is 1. The van der Waals surface area contributed by atoms with E-state index < -0.39 is 23.2 Å². The van der Waals surface area contributed by atoms with Crippen molar-refractivity contribution in [2.75, 3.05) is 5.32 Å². The Morgan fingerprint density at radius 1 is 1.19 bits per heavy atom. The van der Waals surface area contributed by atoms with Crippen LogP contribution in [0.4, 0.5) is 5.69 Å². The number of carboxylic acid groups (broad SMARTS) is 1. The van der Waals surface area contributed by atoms with Crippen molar-refractivity contribution in [1.29, 1.82) is 10.5 Å². The standard InChI is InChI=1S/C15H13N3O3/c1-15(2)11(12(15)14(20)21)13(19)18-10-4-3-8(6-16)9(5-10)7-17/h3-5,11-12H,1-2H3,(H,18,19)(H,20,21). The van der Waals surface area contributed by atoms with Gasteiger partial charge in [-0.15, -0.1) is 0 Å². The van der Waals surface area contributed by atoms with Crippen LogP contribution in [0.15, 0.2) is 18.2 Å². The topological polar surface area (TPSA) is 114 Å². The van der Waals surface area contributed by atoms with Crippen LogP contribution in [0.25, 0.3) is 0 Å². The van der Waals surface area contributed by atoms with E-state index in [2.05, 4.69) is 5.32 Å². The van der Waals surface area contributed by atoms with Crippen molar-refractivity contribution >= 4 is 17.6 Å². The maximum Gasteiger partial charge on any atom is 0.307 e. The molecule has 0 bridgehead atoms. The summed E-state index contributed by atoms with van der Waals surface area (Å²) in [6.07, 6.45) is 0. The molecule has 0 radical (unpaired) electrons. The minimum Gasteiger partial charge on any atom is -0.481 e. The molecule has 1 amide bonds. The summed E-state index contributed by atoms with van der Waals surface area (Å²) in [5.74, 6) is -2.68. The Hall–Kier alpha value is -2.86. The summed E-state index contributed by atoms with van der Waals surface area (Å²) >= 11 is 0. The molecule has 0 heterocycles. The Morgan fingerprint density at radius 3 is 2.29 bits per heavy atom. The number of carbonyl (C=O) groups is 2. The molecule has 21 heavy (non-hydrogen) atoms. The lowest BCUT2D eigenvalue weighted by atomic mass is 10.1. The van der Waals surface area contributed by atoms with E-state index in [0.717, 1.165) is 0 Å². The molecule has 6 heteroatoms. The van der Waals surface area contributed by atoms with E-state index in [9.17, 15) is 9.59 Å². The van der Waals surface area contributed by atoms with Gasteiger partial charge in [-0.2, -0.15) is 10.5 Å². The third-order valence-electron chi connectivity index (χ3n) is 3.90. The van der Waals surface area contributed by atoms with Crippen LogP contribution in [0, 0.1) is 39.9 Å². The molecule has 106 valence electrons. The molecule has 6 nitrogen and oxygen atoms in total. The summed E-state index contributed by atoms with van der Waals surface area (Å²) in [6, 6.07) is 8.13. The number of carboxylic acids is 1. The zero-order valence-corrected chi connectivity index (χ0v) is 11.5. The number of nitrogens with one attached hydrogen (secondary N) is 1. The number of amides is 1. The first-order valence-corrected chi connectivity index (χ1v) is 6.31. The molecule has 2 N–H and O–H groups in total. The predicted molar refractivity (Wildman–Crippen MR) is 72.9 cm³/mol. The smallest absolute Gasteiger partial charge is 0.307 e. The van der Waals surface area contributed by atoms with E-state index in [-0.39, 0.29) is 17.0 Å². The van der Waals surface area contributed by atoms with Gasteiger partial charge < -0.3 is 10.4 Å². The van der Waals surface area contributed by atoms with Crippen molar-refractivity contribution < 1.29 is 14.7 Å². The summed E-state index contributed by atoms with van der Waals surface area (Å²) in [7, 11) is 0. The average Bonchev–Trinajstić information content (AvgIpc) is 3.01. The highest BCUT2D eigenvalue weighted by atomic mass is 16.4. The Kier molecular flexibility index (Phi) is 3.40. The molecular weight excluding hydrogens is 270 g/mol. The summed E-state index contributed by atoms with van der Waals surface area (Å²) in [5, 5.41) is 29.4. The van der Waals surface area contributed by atoms with Crippen molar-refractivity contribution in [3.8, 4) is 12.1 Å². The van der Waals surface area contributed by atoms with E-state index >= 15 is 0 Å². The Labute approximate surface area is 121 Å². The van der Waals surface area contributed by atoms with E-state index in [1.165, 1.54) is 18.2 Å². The molecule has 1 aromatic rings. The van der Waals surface area contributed by atoms with Crippen molar-refractivity contribution in [2.24, 2.45) is 17.3 Å². The van der Waals surface area contributed by atoms with E-state index in [1.54, 1.807) is 13.8 Å². The summed E-state index contributed by atoms with van der Waals surface area (Å²) in [5.41, 5.74) is 0.189. The second-order valence-electron chi connectivity index (χ2n) is 5.59. The first-order chi connectivity index (χ1) is 9.82. The van der Waals surface area contributed by atoms with Crippen molar-refractivity contribution in [1.82, 2.24) is 0 Å². The van der Waals surface area contributed by atoms with Crippen LogP contribution in [-0.4, -0.2) is 17.0 Å². The first kappa shape index (κ1) is 14.5. The van der Waals surface area contributed by atoms with Crippen LogP contribution < -0.4 is 5.32 Å². The lowest BCUT2D eigenvalue weighted by Gasteiger charge is -2.07. The lowest BCUT2D eigenvalue weighted by molar-refractivity contribution is -0.140. The number of nitriles is 2. The van der Waals surface area contributed by atoms with Gasteiger partial charge >= 0.3 is 5.97 Å². The lowest BCUT2D eigenvalue weighted by Crippen LogP contribution is -2.17. The number of benzene rings is 1. The van der Waals surface area contributed by atoms with Crippen LogP contribution in [0.5, 0.6) is 0 Å². The molecule has 1 aliphatic rings. The zero-order valence-electron chi connectivity index (χ0n) is 11.5. The van der Waals surface area contributed by atoms with Crippen molar-refractivity contribution in [3.63, 3.8) is 0 Å². The zero-order chi connectivity index (χ0) is 15.8. The molecule has 0 aliphatic heterocycles. The van der Waals surface area contributed by atoms with Gasteiger partial charge in [0, 0.05) is 5.69 Å². The quantitative estimate of drug-likeness (QED) is 0.876. The molecule has 0 saturated heterocycles. The van der Waals surface area contributed by atoms with Crippen LogP contribution in [0.3, 0.4) is 0 Å². The van der Waals surface area contributed by atoms with Gasteiger partial charge in [-0.25, -0.2) is 0 Å². The Bertz CT molecular complexity index is 710. The highest BCUT2D eigenvalue weighted by molar-refractivity contribution is 5.99. The number of hydrogen-bond acceptors (Lipinski definition) is 4. The van der Waals surface area contributed by atoms with Crippen LogP contribution in [0.2, 0.25) is 0 Å². The van der Waals surface area contributed by atoms with Gasteiger partial charge in [-0.3, -0.25) is 9.59 Å². The molecule has 1 fully saturated rings. The molecule has 2 unspecified atom stereocenters. The van der Waals surface area contributed by atoms with Gasteiger partial charge in [0.25, 0.3) is 0 Å². The van der Waals surface area contributed by atoms with Crippen LogP contribution >= 0.6 is 0 Å². The third kappa shape index (κ3) is 2.44. The number of rotatable bonds is 3. The largest absolute Gasteiger partial charge is 0.481 e. The minimum atomic E-state index is -0.988. The van der Waals surface area contributed by atoms with E-state index in [1.807, 2.05) is 12.1 Å². The van der Waals surface area contributed by atoms with Crippen molar-refractivity contribution in [3.05, 3.63) is 29.3 Å². The second-order valence-corrected chi connectivity index (χ2v) is 5.59. The second kappa shape index (κ2) is 4.92. The van der Waals surface area contributed by atoms with E-state index in [0.29, 0.717) is 5.69 Å². The first-order valence-electron chi connectivity index (χ1n) is 6.31. The Balaban J connectivity index is 2.17. The number of nitrogens with zero attached hydrogens (tertiary/aromatic N) is 2. The fraction of sp³-hybridized carbons (Fsp3) is 0.333. The van der Waals surface area contributed by atoms with Gasteiger partial charge in [0.1, 0.15) is 12.1 Å². The molecule has 2 atom stereocenters. The SMILES string of the molecule is CC1(C)C(C(=O)O)C1C(=O)Nc1ccc(C#N)c(C#N)c1. The third-order valence-corrected chi connectivity index (χ3v) is 3.90. The maximum atomic E-state index is 12.1. The molecule has 0 aromatic heterocycles.